The van der Waals surface area contributed by atoms with Gasteiger partial charge in [-0.2, -0.15) is 0 Å². The number of aromatic nitrogens is 1. The van der Waals surface area contributed by atoms with Crippen molar-refractivity contribution >= 4 is 5.82 Å². The van der Waals surface area contributed by atoms with Crippen LogP contribution in [0, 0.1) is 5.41 Å². The molecule has 0 spiro atoms. The van der Waals surface area contributed by atoms with Crippen LogP contribution >= 0.6 is 0 Å². The molecule has 0 saturated carbocycles. The summed E-state index contributed by atoms with van der Waals surface area (Å²) in [6.07, 6.45) is 6.71. The van der Waals surface area contributed by atoms with Crippen molar-refractivity contribution in [3.8, 4) is 0 Å². The Balaban J connectivity index is 2.02. The summed E-state index contributed by atoms with van der Waals surface area (Å²) in [6, 6.07) is 4.30. The van der Waals surface area contributed by atoms with E-state index in [1.165, 1.54) is 24.8 Å². The largest absolute Gasteiger partial charge is 0.357 e. The predicted molar refractivity (Wildman–Crippen MR) is 76.8 cm³/mol. The SMILES string of the molecule is CC1(C)CCCN(c2ccc(CCN)cn2)CC1. The Labute approximate surface area is 110 Å². The van der Waals surface area contributed by atoms with Gasteiger partial charge in [0.15, 0.2) is 0 Å². The summed E-state index contributed by atoms with van der Waals surface area (Å²) in [6.45, 7) is 7.68. The Morgan fingerprint density at radius 2 is 2.11 bits per heavy atom. The maximum atomic E-state index is 5.55. The van der Waals surface area contributed by atoms with Crippen molar-refractivity contribution in [2.45, 2.75) is 39.5 Å². The smallest absolute Gasteiger partial charge is 0.128 e. The Hall–Kier alpha value is -1.09. The van der Waals surface area contributed by atoms with E-state index in [0.717, 1.165) is 25.3 Å². The van der Waals surface area contributed by atoms with Crippen LogP contribution in [0.25, 0.3) is 0 Å². The van der Waals surface area contributed by atoms with E-state index in [0.29, 0.717) is 12.0 Å². The standard InChI is InChI=1S/C15H25N3/c1-15(2)7-3-10-18(11-8-15)14-5-4-13(6-9-16)12-17-14/h4-5,12H,3,6-11,16H2,1-2H3. The van der Waals surface area contributed by atoms with Crippen molar-refractivity contribution in [2.24, 2.45) is 11.1 Å². The van der Waals surface area contributed by atoms with E-state index in [9.17, 15) is 0 Å². The van der Waals surface area contributed by atoms with E-state index < -0.39 is 0 Å². The lowest BCUT2D eigenvalue weighted by atomic mass is 9.85. The molecular formula is C15H25N3. The van der Waals surface area contributed by atoms with Crippen molar-refractivity contribution in [3.05, 3.63) is 23.9 Å². The van der Waals surface area contributed by atoms with Crippen LogP contribution in [0.1, 0.15) is 38.7 Å². The van der Waals surface area contributed by atoms with Crippen LogP contribution in [0.15, 0.2) is 18.3 Å². The van der Waals surface area contributed by atoms with Crippen LogP contribution in [0.2, 0.25) is 0 Å². The van der Waals surface area contributed by atoms with Gasteiger partial charge >= 0.3 is 0 Å². The topological polar surface area (TPSA) is 42.1 Å². The number of anilines is 1. The van der Waals surface area contributed by atoms with E-state index in [2.05, 4.69) is 35.9 Å². The summed E-state index contributed by atoms with van der Waals surface area (Å²) < 4.78 is 0. The molecule has 0 aromatic carbocycles. The first-order valence-electron chi connectivity index (χ1n) is 7.01. The monoisotopic (exact) mass is 247 g/mol. The average molecular weight is 247 g/mol. The molecule has 3 heteroatoms. The lowest BCUT2D eigenvalue weighted by Gasteiger charge is -2.24. The quantitative estimate of drug-likeness (QED) is 0.892. The summed E-state index contributed by atoms with van der Waals surface area (Å²) in [5, 5.41) is 0. The zero-order valence-corrected chi connectivity index (χ0v) is 11.7. The van der Waals surface area contributed by atoms with Gasteiger partial charge in [-0.15, -0.1) is 0 Å². The van der Waals surface area contributed by atoms with Crippen molar-refractivity contribution in [1.29, 1.82) is 0 Å². The zero-order valence-electron chi connectivity index (χ0n) is 11.7. The summed E-state index contributed by atoms with van der Waals surface area (Å²) in [7, 11) is 0. The van der Waals surface area contributed by atoms with Gasteiger partial charge in [0.2, 0.25) is 0 Å². The highest BCUT2D eigenvalue weighted by molar-refractivity contribution is 5.39. The van der Waals surface area contributed by atoms with Crippen molar-refractivity contribution in [3.63, 3.8) is 0 Å². The summed E-state index contributed by atoms with van der Waals surface area (Å²) in [5.41, 5.74) is 7.27. The van der Waals surface area contributed by atoms with Gasteiger partial charge in [0.1, 0.15) is 5.82 Å². The molecule has 3 nitrogen and oxygen atoms in total. The van der Waals surface area contributed by atoms with Gasteiger partial charge in [-0.25, -0.2) is 4.98 Å². The third-order valence-electron chi connectivity index (χ3n) is 3.91. The fourth-order valence-electron chi connectivity index (χ4n) is 2.57. The van der Waals surface area contributed by atoms with Crippen LogP contribution in [0.5, 0.6) is 0 Å². The van der Waals surface area contributed by atoms with Crippen LogP contribution < -0.4 is 10.6 Å². The molecule has 0 atom stereocenters. The van der Waals surface area contributed by atoms with E-state index in [1.54, 1.807) is 0 Å². The highest BCUT2D eigenvalue weighted by atomic mass is 15.2. The highest BCUT2D eigenvalue weighted by Crippen LogP contribution is 2.31. The molecule has 0 aliphatic carbocycles. The number of nitrogens with two attached hydrogens (primary N) is 1. The van der Waals surface area contributed by atoms with Crippen molar-refractivity contribution in [1.82, 2.24) is 4.98 Å². The van der Waals surface area contributed by atoms with E-state index in [4.69, 9.17) is 5.73 Å². The molecule has 2 rings (SSSR count). The molecule has 0 amide bonds. The molecule has 1 saturated heterocycles. The fourth-order valence-corrected chi connectivity index (χ4v) is 2.57. The maximum absolute atomic E-state index is 5.55. The summed E-state index contributed by atoms with van der Waals surface area (Å²) in [5.74, 6) is 1.12. The molecule has 1 aliphatic rings. The lowest BCUT2D eigenvalue weighted by molar-refractivity contribution is 0.325. The first-order valence-corrected chi connectivity index (χ1v) is 7.01. The average Bonchev–Trinajstić information content (AvgIpc) is 2.52. The highest BCUT2D eigenvalue weighted by Gasteiger charge is 2.23. The van der Waals surface area contributed by atoms with Crippen LogP contribution in [-0.2, 0) is 6.42 Å². The summed E-state index contributed by atoms with van der Waals surface area (Å²) in [4.78, 5) is 7.00. The molecule has 2 N–H and O–H groups in total. The Bertz CT molecular complexity index is 370. The molecule has 1 fully saturated rings. The van der Waals surface area contributed by atoms with Gasteiger partial charge in [0.25, 0.3) is 0 Å². The number of hydrogen-bond donors (Lipinski definition) is 1. The molecule has 0 radical (unpaired) electrons. The molecular weight excluding hydrogens is 222 g/mol. The molecule has 100 valence electrons. The van der Waals surface area contributed by atoms with Crippen LogP contribution in [-0.4, -0.2) is 24.6 Å². The number of hydrogen-bond acceptors (Lipinski definition) is 3. The van der Waals surface area contributed by atoms with E-state index in [1.807, 2.05) is 6.20 Å². The molecule has 0 bridgehead atoms. The minimum Gasteiger partial charge on any atom is -0.357 e. The zero-order chi connectivity index (χ0) is 13.0. The second-order valence-corrected chi connectivity index (χ2v) is 6.07. The van der Waals surface area contributed by atoms with E-state index >= 15 is 0 Å². The predicted octanol–water partition coefficient (Wildman–Crippen LogP) is 2.60. The van der Waals surface area contributed by atoms with Crippen molar-refractivity contribution < 1.29 is 0 Å². The molecule has 0 unspecified atom stereocenters. The molecule has 18 heavy (non-hydrogen) atoms. The third-order valence-corrected chi connectivity index (χ3v) is 3.91. The van der Waals surface area contributed by atoms with Gasteiger partial charge in [-0.05, 0) is 49.3 Å². The second-order valence-electron chi connectivity index (χ2n) is 6.07. The third kappa shape index (κ3) is 3.45. The van der Waals surface area contributed by atoms with Crippen LogP contribution in [0.3, 0.4) is 0 Å². The van der Waals surface area contributed by atoms with Gasteiger partial charge in [-0.3, -0.25) is 0 Å². The maximum Gasteiger partial charge on any atom is 0.128 e. The molecule has 1 aromatic rings. The second kappa shape index (κ2) is 5.70. The Morgan fingerprint density at radius 3 is 2.78 bits per heavy atom. The number of nitrogens with zero attached hydrogens (tertiary/aromatic N) is 2. The van der Waals surface area contributed by atoms with Crippen molar-refractivity contribution in [2.75, 3.05) is 24.5 Å². The minimum absolute atomic E-state index is 0.480. The van der Waals surface area contributed by atoms with Gasteiger partial charge < -0.3 is 10.6 Å². The molecule has 1 aliphatic heterocycles. The van der Waals surface area contributed by atoms with E-state index in [-0.39, 0.29) is 0 Å². The molecule has 1 aromatic heterocycles. The summed E-state index contributed by atoms with van der Waals surface area (Å²) >= 11 is 0. The number of pyridine rings is 1. The van der Waals surface area contributed by atoms with Gasteiger partial charge in [-0.1, -0.05) is 19.9 Å². The Kier molecular flexibility index (Phi) is 4.23. The minimum atomic E-state index is 0.480. The first kappa shape index (κ1) is 13.3. The van der Waals surface area contributed by atoms with Gasteiger partial charge in [0.05, 0.1) is 0 Å². The van der Waals surface area contributed by atoms with Crippen LogP contribution in [0.4, 0.5) is 5.82 Å². The lowest BCUT2D eigenvalue weighted by Crippen LogP contribution is -2.25. The number of rotatable bonds is 3. The Morgan fingerprint density at radius 1 is 1.28 bits per heavy atom. The normalized spacial score (nSPS) is 19.6. The molecule has 2 heterocycles. The fraction of sp³-hybridized carbons (Fsp3) is 0.667. The first-order chi connectivity index (χ1) is 8.61. The van der Waals surface area contributed by atoms with Gasteiger partial charge in [0, 0.05) is 19.3 Å².